The van der Waals surface area contributed by atoms with Gasteiger partial charge in [-0.2, -0.15) is 0 Å². The highest BCUT2D eigenvalue weighted by atomic mass is 16.5. The number of hydrogen-bond acceptors (Lipinski definition) is 3. The van der Waals surface area contributed by atoms with Crippen LogP contribution in [0.3, 0.4) is 0 Å². The molecule has 4 nitrogen and oxygen atoms in total. The minimum Gasteiger partial charge on any atom is -0.380 e. The second-order valence-corrected chi connectivity index (χ2v) is 5.73. The summed E-state index contributed by atoms with van der Waals surface area (Å²) in [5.41, 5.74) is 1.64. The van der Waals surface area contributed by atoms with E-state index in [0.717, 1.165) is 6.61 Å². The lowest BCUT2D eigenvalue weighted by Gasteiger charge is -2.23. The number of nitrogens with two attached hydrogens (primary N) is 1. The third-order valence-electron chi connectivity index (χ3n) is 3.54. The fraction of sp³-hybridized carbons (Fsp3) is 0.923. The molecule has 0 unspecified atom stereocenters. The van der Waals surface area contributed by atoms with Crippen LogP contribution in [0.5, 0.6) is 0 Å². The van der Waals surface area contributed by atoms with E-state index in [1.807, 2.05) is 13.8 Å². The van der Waals surface area contributed by atoms with Crippen LogP contribution in [0.25, 0.3) is 0 Å². The lowest BCUT2D eigenvalue weighted by molar-refractivity contribution is -0.133. The molecule has 3 N–H and O–H groups in total. The Hall–Kier alpha value is -0.610. The van der Waals surface area contributed by atoms with Crippen molar-refractivity contribution >= 4 is 5.91 Å². The third-order valence-corrected chi connectivity index (χ3v) is 3.54. The molecule has 1 fully saturated rings. The Bertz CT molecular complexity index is 234. The standard InChI is InChI=1S/C13H26N2O2/c1-13(2,12(16)15-14)10-17-9-11-7-5-3-4-6-8-11/h11H,3-10,14H2,1-2H3,(H,15,16). The zero-order valence-electron chi connectivity index (χ0n) is 11.1. The van der Waals surface area contributed by atoms with Crippen molar-refractivity contribution in [3.05, 3.63) is 0 Å². The topological polar surface area (TPSA) is 64.3 Å². The Morgan fingerprint density at radius 3 is 2.41 bits per heavy atom. The molecule has 1 amide bonds. The lowest BCUT2D eigenvalue weighted by Crippen LogP contribution is -2.43. The van der Waals surface area contributed by atoms with Crippen molar-refractivity contribution in [2.75, 3.05) is 13.2 Å². The lowest BCUT2D eigenvalue weighted by atomic mass is 9.94. The van der Waals surface area contributed by atoms with E-state index < -0.39 is 5.41 Å². The van der Waals surface area contributed by atoms with E-state index in [0.29, 0.717) is 12.5 Å². The molecule has 1 rings (SSSR count). The van der Waals surface area contributed by atoms with E-state index in [-0.39, 0.29) is 5.91 Å². The first-order valence-corrected chi connectivity index (χ1v) is 6.65. The van der Waals surface area contributed by atoms with Crippen LogP contribution in [0.15, 0.2) is 0 Å². The van der Waals surface area contributed by atoms with Gasteiger partial charge in [-0.25, -0.2) is 5.84 Å². The summed E-state index contributed by atoms with van der Waals surface area (Å²) in [5, 5.41) is 0. The molecule has 100 valence electrons. The molecule has 0 atom stereocenters. The van der Waals surface area contributed by atoms with Crippen LogP contribution in [0.4, 0.5) is 0 Å². The van der Waals surface area contributed by atoms with E-state index in [1.165, 1.54) is 38.5 Å². The molecule has 1 saturated carbocycles. The number of ether oxygens (including phenoxy) is 1. The zero-order valence-corrected chi connectivity index (χ0v) is 11.1. The summed E-state index contributed by atoms with van der Waals surface area (Å²) < 4.78 is 5.70. The quantitative estimate of drug-likeness (QED) is 0.335. The van der Waals surface area contributed by atoms with Crippen molar-refractivity contribution in [3.8, 4) is 0 Å². The Kier molecular flexibility index (Phi) is 5.92. The van der Waals surface area contributed by atoms with Gasteiger partial charge in [0.05, 0.1) is 12.0 Å². The monoisotopic (exact) mass is 242 g/mol. The molecule has 1 aliphatic carbocycles. The van der Waals surface area contributed by atoms with Gasteiger partial charge in [-0.3, -0.25) is 10.2 Å². The third kappa shape index (κ3) is 5.04. The normalized spacial score (nSPS) is 18.8. The summed E-state index contributed by atoms with van der Waals surface area (Å²) >= 11 is 0. The van der Waals surface area contributed by atoms with Crippen LogP contribution in [0.2, 0.25) is 0 Å². The van der Waals surface area contributed by atoms with Gasteiger partial charge in [0.15, 0.2) is 0 Å². The smallest absolute Gasteiger partial charge is 0.241 e. The maximum Gasteiger partial charge on any atom is 0.241 e. The van der Waals surface area contributed by atoms with Crippen LogP contribution >= 0.6 is 0 Å². The van der Waals surface area contributed by atoms with Crippen molar-refractivity contribution in [3.63, 3.8) is 0 Å². The SMILES string of the molecule is CC(C)(COCC1CCCCCC1)C(=O)NN. The Morgan fingerprint density at radius 2 is 1.88 bits per heavy atom. The highest BCUT2D eigenvalue weighted by molar-refractivity contribution is 5.81. The van der Waals surface area contributed by atoms with Crippen LogP contribution in [-0.2, 0) is 9.53 Å². The summed E-state index contributed by atoms with van der Waals surface area (Å²) in [7, 11) is 0. The number of hydrazine groups is 1. The highest BCUT2D eigenvalue weighted by Crippen LogP contribution is 2.24. The molecule has 0 aromatic rings. The van der Waals surface area contributed by atoms with E-state index in [4.69, 9.17) is 10.6 Å². The molecule has 0 heterocycles. The maximum absolute atomic E-state index is 11.5. The number of carbonyl (C=O) groups excluding carboxylic acids is 1. The molecule has 0 aliphatic heterocycles. The van der Waals surface area contributed by atoms with Crippen molar-refractivity contribution in [2.24, 2.45) is 17.2 Å². The minimum absolute atomic E-state index is 0.168. The van der Waals surface area contributed by atoms with Gasteiger partial charge < -0.3 is 4.74 Å². The summed E-state index contributed by atoms with van der Waals surface area (Å²) in [6.45, 7) is 4.92. The van der Waals surface area contributed by atoms with Gasteiger partial charge in [0, 0.05) is 6.61 Å². The molecule has 1 aliphatic rings. The van der Waals surface area contributed by atoms with Gasteiger partial charge in [-0.05, 0) is 32.6 Å². The second kappa shape index (κ2) is 6.97. The fourth-order valence-corrected chi connectivity index (χ4v) is 2.27. The summed E-state index contributed by atoms with van der Waals surface area (Å²) in [4.78, 5) is 11.5. The van der Waals surface area contributed by atoms with Gasteiger partial charge in [0.2, 0.25) is 5.91 Å². The van der Waals surface area contributed by atoms with Crippen LogP contribution in [0, 0.1) is 11.3 Å². The van der Waals surface area contributed by atoms with Crippen LogP contribution in [0.1, 0.15) is 52.4 Å². The predicted molar refractivity (Wildman–Crippen MR) is 68.1 cm³/mol. The van der Waals surface area contributed by atoms with E-state index >= 15 is 0 Å². The van der Waals surface area contributed by atoms with E-state index in [9.17, 15) is 4.79 Å². The molecule has 0 aromatic heterocycles. The minimum atomic E-state index is -0.542. The van der Waals surface area contributed by atoms with Gasteiger partial charge in [0.1, 0.15) is 0 Å². The van der Waals surface area contributed by atoms with E-state index in [1.54, 1.807) is 0 Å². The van der Waals surface area contributed by atoms with Gasteiger partial charge >= 0.3 is 0 Å². The van der Waals surface area contributed by atoms with Gasteiger partial charge in [0.25, 0.3) is 0 Å². The van der Waals surface area contributed by atoms with Crippen molar-refractivity contribution in [2.45, 2.75) is 52.4 Å². The Morgan fingerprint density at radius 1 is 1.29 bits per heavy atom. The Labute approximate surface area is 104 Å². The molecule has 0 radical (unpaired) electrons. The van der Waals surface area contributed by atoms with Gasteiger partial charge in [-0.1, -0.05) is 25.7 Å². The molecule has 4 heteroatoms. The fourth-order valence-electron chi connectivity index (χ4n) is 2.27. The van der Waals surface area contributed by atoms with Crippen LogP contribution in [-0.4, -0.2) is 19.1 Å². The highest BCUT2D eigenvalue weighted by Gasteiger charge is 2.27. The van der Waals surface area contributed by atoms with Crippen molar-refractivity contribution in [1.29, 1.82) is 0 Å². The average Bonchev–Trinajstić information content (AvgIpc) is 2.56. The van der Waals surface area contributed by atoms with Crippen molar-refractivity contribution < 1.29 is 9.53 Å². The van der Waals surface area contributed by atoms with Gasteiger partial charge in [-0.15, -0.1) is 0 Å². The molecule has 0 bridgehead atoms. The number of nitrogens with one attached hydrogen (secondary N) is 1. The summed E-state index contributed by atoms with van der Waals surface area (Å²) in [6.07, 6.45) is 7.89. The first kappa shape index (κ1) is 14.5. The number of hydrogen-bond donors (Lipinski definition) is 2. The van der Waals surface area contributed by atoms with E-state index in [2.05, 4.69) is 5.43 Å². The Balaban J connectivity index is 2.24. The molecule has 0 aromatic carbocycles. The summed E-state index contributed by atoms with van der Waals surface area (Å²) in [6, 6.07) is 0. The molecule has 0 spiro atoms. The molecule has 17 heavy (non-hydrogen) atoms. The number of carbonyl (C=O) groups is 1. The van der Waals surface area contributed by atoms with Crippen molar-refractivity contribution in [1.82, 2.24) is 5.43 Å². The first-order valence-electron chi connectivity index (χ1n) is 6.65. The maximum atomic E-state index is 11.5. The predicted octanol–water partition coefficient (Wildman–Crippen LogP) is 1.99. The molecular weight excluding hydrogens is 216 g/mol. The average molecular weight is 242 g/mol. The number of amides is 1. The first-order chi connectivity index (χ1) is 8.06. The molecule has 0 saturated heterocycles. The largest absolute Gasteiger partial charge is 0.380 e. The van der Waals surface area contributed by atoms with Crippen LogP contribution < -0.4 is 11.3 Å². The zero-order chi connectivity index (χ0) is 12.7. The second-order valence-electron chi connectivity index (χ2n) is 5.73. The number of rotatable bonds is 5. The summed E-state index contributed by atoms with van der Waals surface area (Å²) in [5.74, 6) is 5.65. The molecular formula is C13H26N2O2.